The van der Waals surface area contributed by atoms with Crippen molar-refractivity contribution in [1.82, 2.24) is 25.1 Å². The fourth-order valence-corrected chi connectivity index (χ4v) is 7.04. The van der Waals surface area contributed by atoms with Crippen LogP contribution in [0.1, 0.15) is 50.2 Å². The number of benzene rings is 3. The number of para-hydroxylation sites is 1. The highest BCUT2D eigenvalue weighted by Gasteiger charge is 2.36. The molecule has 0 radical (unpaired) electrons. The minimum atomic E-state index is -0.383. The van der Waals surface area contributed by atoms with Crippen LogP contribution in [0.3, 0.4) is 0 Å². The molecule has 1 N–H and O–H groups in total. The Morgan fingerprint density at radius 2 is 1.81 bits per heavy atom. The molecule has 6 rings (SSSR count). The number of carbonyl (C=O) groups excluding carboxylic acids is 2. The van der Waals surface area contributed by atoms with Crippen molar-refractivity contribution in [1.29, 1.82) is 0 Å². The van der Waals surface area contributed by atoms with E-state index in [1.165, 1.54) is 11.8 Å². The summed E-state index contributed by atoms with van der Waals surface area (Å²) in [4.78, 5) is 27.9. The van der Waals surface area contributed by atoms with Crippen LogP contribution in [-0.4, -0.2) is 57.3 Å². The van der Waals surface area contributed by atoms with Gasteiger partial charge in [0.1, 0.15) is 0 Å². The number of nitrogens with one attached hydrogen (secondary N) is 1. The number of hydrogen-bond donors (Lipinski definition) is 1. The molecule has 0 bridgehead atoms. The second-order valence-electron chi connectivity index (χ2n) is 10.9. The Morgan fingerprint density at radius 3 is 2.55 bits per heavy atom. The van der Waals surface area contributed by atoms with Crippen molar-refractivity contribution in [2.45, 2.75) is 38.0 Å². The number of thioether (sulfide) groups is 1. The van der Waals surface area contributed by atoms with Crippen molar-refractivity contribution in [3.63, 3.8) is 0 Å². The molecule has 47 heavy (non-hydrogen) atoms. The number of thiophene rings is 1. The van der Waals surface area contributed by atoms with Crippen LogP contribution in [0.5, 0.6) is 11.5 Å². The van der Waals surface area contributed by atoms with Crippen LogP contribution in [0.4, 0.5) is 0 Å². The molecular formula is C35H34N6O4S2. The van der Waals surface area contributed by atoms with E-state index < -0.39 is 0 Å². The first-order valence-corrected chi connectivity index (χ1v) is 16.9. The molecule has 0 aliphatic carbocycles. The number of aryl methyl sites for hydroxylation is 2. The maximum Gasteiger partial charge on any atom is 0.253 e. The lowest BCUT2D eigenvalue weighted by Gasteiger charge is -2.24. The zero-order valence-corrected chi connectivity index (χ0v) is 28.1. The number of nitrogens with zero attached hydrogens (tertiary/aromatic N) is 5. The molecule has 1 aliphatic heterocycles. The predicted molar refractivity (Wildman–Crippen MR) is 184 cm³/mol. The molecule has 5 aromatic rings. The van der Waals surface area contributed by atoms with Gasteiger partial charge in [0, 0.05) is 17.5 Å². The first kappa shape index (κ1) is 32.0. The molecule has 1 aliphatic rings. The summed E-state index contributed by atoms with van der Waals surface area (Å²) in [6.45, 7) is 4.18. The Morgan fingerprint density at radius 1 is 0.979 bits per heavy atom. The molecule has 2 amide bonds. The lowest BCUT2D eigenvalue weighted by Crippen LogP contribution is -2.29. The van der Waals surface area contributed by atoms with Gasteiger partial charge in [0.15, 0.2) is 22.5 Å². The molecule has 3 aromatic carbocycles. The molecule has 1 atom stereocenters. The number of aromatic nitrogens is 3. The van der Waals surface area contributed by atoms with Crippen molar-refractivity contribution >= 4 is 40.6 Å². The number of rotatable bonds is 11. The highest BCUT2D eigenvalue weighted by Crippen LogP contribution is 2.42. The standard InChI is InChI=1S/C35H34N6O4S2/c1-22-15-16-23(2)27(18-22)40-31(20-36-34(43)24-10-6-5-7-11-24)37-38-35(40)47-21-32(42)41-28(19-26(39-41)30-14-9-17-46-30)25-12-8-13-29(44-3)33(25)45-4/h5-18,28H,19-21H2,1-4H3,(H,36,43). The lowest BCUT2D eigenvalue weighted by atomic mass is 9.99. The number of hydrazone groups is 1. The Hall–Kier alpha value is -4.94. The van der Waals surface area contributed by atoms with E-state index in [4.69, 9.17) is 14.6 Å². The average Bonchev–Trinajstić information content (AvgIpc) is 3.87. The molecular weight excluding hydrogens is 633 g/mol. The van der Waals surface area contributed by atoms with E-state index >= 15 is 0 Å². The van der Waals surface area contributed by atoms with Gasteiger partial charge in [-0.3, -0.25) is 14.2 Å². The number of methoxy groups -OCH3 is 2. The maximum absolute atomic E-state index is 14.0. The van der Waals surface area contributed by atoms with Gasteiger partial charge >= 0.3 is 0 Å². The fraction of sp³-hybridized carbons (Fsp3) is 0.229. The third-order valence-corrected chi connectivity index (χ3v) is 9.67. The highest BCUT2D eigenvalue weighted by atomic mass is 32.2. The summed E-state index contributed by atoms with van der Waals surface area (Å²) in [5.74, 6) is 1.37. The van der Waals surface area contributed by atoms with E-state index in [9.17, 15) is 9.59 Å². The van der Waals surface area contributed by atoms with Gasteiger partial charge in [0.05, 0.1) is 48.8 Å². The van der Waals surface area contributed by atoms with E-state index in [2.05, 4.69) is 21.6 Å². The van der Waals surface area contributed by atoms with Gasteiger partial charge in [-0.15, -0.1) is 21.5 Å². The van der Waals surface area contributed by atoms with E-state index in [1.54, 1.807) is 42.7 Å². The molecule has 2 aromatic heterocycles. The minimum absolute atomic E-state index is 0.0589. The van der Waals surface area contributed by atoms with Crippen LogP contribution >= 0.6 is 23.1 Å². The quantitative estimate of drug-likeness (QED) is 0.163. The van der Waals surface area contributed by atoms with Gasteiger partial charge in [0.25, 0.3) is 11.8 Å². The summed E-state index contributed by atoms with van der Waals surface area (Å²) in [6.07, 6.45) is 0.532. The number of hydrogen-bond acceptors (Lipinski definition) is 9. The Kier molecular flexibility index (Phi) is 9.69. The van der Waals surface area contributed by atoms with Crippen LogP contribution in [0, 0.1) is 13.8 Å². The second-order valence-corrected chi connectivity index (χ2v) is 12.8. The zero-order chi connectivity index (χ0) is 32.9. The topological polar surface area (TPSA) is 111 Å². The lowest BCUT2D eigenvalue weighted by molar-refractivity contribution is -0.130. The number of amides is 2. The summed E-state index contributed by atoms with van der Waals surface area (Å²) in [7, 11) is 3.19. The van der Waals surface area contributed by atoms with Crippen molar-refractivity contribution < 1.29 is 19.1 Å². The zero-order valence-electron chi connectivity index (χ0n) is 26.5. The molecule has 0 fully saturated rings. The first-order valence-electron chi connectivity index (χ1n) is 15.0. The molecule has 240 valence electrons. The monoisotopic (exact) mass is 666 g/mol. The van der Waals surface area contributed by atoms with Crippen LogP contribution in [0.2, 0.25) is 0 Å². The van der Waals surface area contributed by atoms with Gasteiger partial charge < -0.3 is 14.8 Å². The molecule has 0 saturated carbocycles. The number of ether oxygens (including phenoxy) is 2. The SMILES string of the molecule is COc1cccc(C2CC(c3cccs3)=NN2C(=O)CSc2nnc(CNC(=O)c3ccccc3)n2-c2cc(C)ccc2C)c1OC. The van der Waals surface area contributed by atoms with E-state index in [0.717, 1.165) is 33.0 Å². The van der Waals surface area contributed by atoms with Gasteiger partial charge in [-0.05, 0) is 60.7 Å². The Balaban J connectivity index is 1.29. The van der Waals surface area contributed by atoms with E-state index in [1.807, 2.05) is 84.5 Å². The van der Waals surface area contributed by atoms with E-state index in [-0.39, 0.29) is 30.2 Å². The molecule has 12 heteroatoms. The smallest absolute Gasteiger partial charge is 0.253 e. The predicted octanol–water partition coefficient (Wildman–Crippen LogP) is 6.36. The van der Waals surface area contributed by atoms with Gasteiger partial charge in [0.2, 0.25) is 0 Å². The summed E-state index contributed by atoms with van der Waals surface area (Å²) >= 11 is 2.87. The van der Waals surface area contributed by atoms with Crippen LogP contribution in [-0.2, 0) is 11.3 Å². The largest absolute Gasteiger partial charge is 0.493 e. The summed E-state index contributed by atoms with van der Waals surface area (Å²) < 4.78 is 13.2. The van der Waals surface area contributed by atoms with Crippen LogP contribution in [0.15, 0.2) is 94.5 Å². The molecule has 0 saturated heterocycles. The molecule has 1 unspecified atom stereocenters. The van der Waals surface area contributed by atoms with Gasteiger partial charge in [-0.2, -0.15) is 5.10 Å². The Bertz CT molecular complexity index is 1920. The van der Waals surface area contributed by atoms with E-state index in [0.29, 0.717) is 34.5 Å². The molecule has 10 nitrogen and oxygen atoms in total. The second kappa shape index (κ2) is 14.2. The van der Waals surface area contributed by atoms with Crippen molar-refractivity contribution in [3.05, 3.63) is 117 Å². The summed E-state index contributed by atoms with van der Waals surface area (Å²) in [5.41, 5.74) is 5.16. The summed E-state index contributed by atoms with van der Waals surface area (Å²) in [6, 6.07) is 24.4. The van der Waals surface area contributed by atoms with Crippen LogP contribution in [0.25, 0.3) is 5.69 Å². The van der Waals surface area contributed by atoms with Crippen molar-refractivity contribution in [2.75, 3.05) is 20.0 Å². The molecule has 0 spiro atoms. The molecule has 3 heterocycles. The highest BCUT2D eigenvalue weighted by molar-refractivity contribution is 7.99. The summed E-state index contributed by atoms with van der Waals surface area (Å²) in [5, 5.41) is 20.8. The first-order chi connectivity index (χ1) is 22.9. The van der Waals surface area contributed by atoms with Crippen molar-refractivity contribution in [3.8, 4) is 17.2 Å². The third kappa shape index (κ3) is 6.79. The average molecular weight is 667 g/mol. The Labute approximate surface area is 281 Å². The van der Waals surface area contributed by atoms with Gasteiger partial charge in [-0.1, -0.05) is 60.3 Å². The fourth-order valence-electron chi connectivity index (χ4n) is 5.50. The van der Waals surface area contributed by atoms with Crippen molar-refractivity contribution in [2.24, 2.45) is 5.10 Å². The normalized spacial score (nSPS) is 14.2. The minimum Gasteiger partial charge on any atom is -0.493 e. The maximum atomic E-state index is 14.0. The number of carbonyl (C=O) groups is 2. The van der Waals surface area contributed by atoms with Crippen LogP contribution < -0.4 is 14.8 Å². The van der Waals surface area contributed by atoms with Gasteiger partial charge in [-0.25, -0.2) is 5.01 Å². The third-order valence-electron chi connectivity index (χ3n) is 7.84.